The average Bonchev–Trinajstić information content (AvgIpc) is 2.92. The summed E-state index contributed by atoms with van der Waals surface area (Å²) >= 11 is 0. The van der Waals surface area contributed by atoms with Crippen LogP contribution in [0.15, 0.2) is 23.8 Å². The van der Waals surface area contributed by atoms with Crippen molar-refractivity contribution >= 4 is 5.78 Å². The van der Waals surface area contributed by atoms with Gasteiger partial charge in [0.2, 0.25) is 0 Å². The van der Waals surface area contributed by atoms with E-state index in [0.717, 1.165) is 43.9 Å². The van der Waals surface area contributed by atoms with E-state index in [-0.39, 0.29) is 16.9 Å². The van der Waals surface area contributed by atoms with Crippen molar-refractivity contribution < 1.29 is 9.90 Å². The van der Waals surface area contributed by atoms with E-state index in [0.29, 0.717) is 23.0 Å². The van der Waals surface area contributed by atoms with Gasteiger partial charge in [-0.15, -0.1) is 0 Å². The summed E-state index contributed by atoms with van der Waals surface area (Å²) in [5.41, 5.74) is 1.90. The van der Waals surface area contributed by atoms with Crippen molar-refractivity contribution in [1.82, 2.24) is 0 Å². The molecule has 5 rings (SSSR count). The monoisotopic (exact) mass is 368 g/mol. The Balaban J connectivity index is 1.54. The first-order valence-electron chi connectivity index (χ1n) is 11.4. The fourth-order valence-corrected chi connectivity index (χ4v) is 8.98. The van der Waals surface area contributed by atoms with Gasteiger partial charge < -0.3 is 5.11 Å². The van der Waals surface area contributed by atoms with Crippen molar-refractivity contribution in [2.45, 2.75) is 84.7 Å². The molecule has 2 nitrogen and oxygen atoms in total. The molecule has 0 radical (unpaired) electrons. The second-order valence-electron chi connectivity index (χ2n) is 11.0. The zero-order valence-electron chi connectivity index (χ0n) is 17.3. The Bertz CT molecular complexity index is 720. The number of carbonyl (C=O) groups excluding carboxylic acids is 1. The Labute approximate surface area is 164 Å². The van der Waals surface area contributed by atoms with E-state index < -0.39 is 0 Å². The van der Waals surface area contributed by atoms with E-state index in [9.17, 15) is 9.90 Å². The van der Waals surface area contributed by atoms with Crippen LogP contribution in [0.5, 0.6) is 0 Å². The van der Waals surface area contributed by atoms with Gasteiger partial charge in [-0.2, -0.15) is 0 Å². The number of allylic oxidation sites excluding steroid dienone is 3. The molecule has 3 saturated carbocycles. The smallest absolute Gasteiger partial charge is 0.137 e. The fourth-order valence-electron chi connectivity index (χ4n) is 8.98. The molecule has 0 spiro atoms. The molecule has 0 aromatic carbocycles. The summed E-state index contributed by atoms with van der Waals surface area (Å²) in [6.45, 7) is 6.86. The number of aliphatic hydroxyl groups is 1. The number of fused-ring (bicyclic) bond motifs is 7. The van der Waals surface area contributed by atoms with E-state index >= 15 is 0 Å². The third-order valence-electron chi connectivity index (χ3n) is 10.4. The molecule has 0 heterocycles. The van der Waals surface area contributed by atoms with Crippen LogP contribution in [0.2, 0.25) is 0 Å². The molecule has 0 aliphatic heterocycles. The van der Waals surface area contributed by atoms with E-state index in [1.807, 2.05) is 6.92 Å². The lowest BCUT2D eigenvalue weighted by atomic mass is 9.44. The number of ketones is 1. The molecule has 0 aromatic rings. The Morgan fingerprint density at radius 2 is 1.93 bits per heavy atom. The molecule has 0 aromatic heterocycles. The SMILES string of the molecule is CC(=O)[C@]12CC=CC[C@@H]1C[C@@H]1[C@@H]3CC=C4C[C@H](O)CC[C@]4(C)[C@H]3CC[C@@]12C. The van der Waals surface area contributed by atoms with Crippen molar-refractivity contribution in [2.24, 2.45) is 39.9 Å². The highest BCUT2D eigenvalue weighted by molar-refractivity contribution is 5.85. The van der Waals surface area contributed by atoms with Crippen LogP contribution in [-0.4, -0.2) is 17.0 Å². The quantitative estimate of drug-likeness (QED) is 0.624. The van der Waals surface area contributed by atoms with E-state index in [1.54, 1.807) is 5.57 Å². The molecule has 0 unspecified atom stereocenters. The second-order valence-corrected chi connectivity index (χ2v) is 11.0. The van der Waals surface area contributed by atoms with Crippen molar-refractivity contribution in [1.29, 1.82) is 0 Å². The van der Waals surface area contributed by atoms with Gasteiger partial charge in [0, 0.05) is 5.41 Å². The standard InChI is InChI=1S/C25H36O2/c1-16(26)25-11-5-4-6-18(25)15-22-20-8-7-17-14-19(27)9-12-23(17,2)21(20)10-13-24(22,25)3/h4-5,7,18-22,27H,6,8-15H2,1-3H3/t18-,19-,20-,21+,22-,23+,24+,25-/m1/s1. The van der Waals surface area contributed by atoms with Crippen LogP contribution in [-0.2, 0) is 4.79 Å². The number of aliphatic hydroxyl groups excluding tert-OH is 1. The van der Waals surface area contributed by atoms with Crippen LogP contribution in [0.4, 0.5) is 0 Å². The first kappa shape index (κ1) is 18.2. The third kappa shape index (κ3) is 2.14. The first-order valence-corrected chi connectivity index (χ1v) is 11.4. The molecule has 2 heteroatoms. The van der Waals surface area contributed by atoms with Gasteiger partial charge in [0.15, 0.2) is 0 Å². The number of rotatable bonds is 1. The number of Topliss-reactive ketones (excluding diaryl/α,β-unsaturated/α-hetero) is 1. The third-order valence-corrected chi connectivity index (χ3v) is 10.4. The summed E-state index contributed by atoms with van der Waals surface area (Å²) in [6, 6.07) is 0. The summed E-state index contributed by atoms with van der Waals surface area (Å²) in [4.78, 5) is 13.1. The number of carbonyl (C=O) groups is 1. The maximum Gasteiger partial charge on any atom is 0.137 e. The van der Waals surface area contributed by atoms with E-state index in [4.69, 9.17) is 0 Å². The normalized spacial score (nSPS) is 53.6. The molecule has 3 fully saturated rings. The van der Waals surface area contributed by atoms with Crippen molar-refractivity contribution in [3.63, 3.8) is 0 Å². The molecule has 5 aliphatic carbocycles. The molecule has 0 bridgehead atoms. The highest BCUT2D eigenvalue weighted by Crippen LogP contribution is 2.73. The van der Waals surface area contributed by atoms with E-state index in [2.05, 4.69) is 32.1 Å². The van der Waals surface area contributed by atoms with Crippen molar-refractivity contribution in [3.8, 4) is 0 Å². The minimum Gasteiger partial charge on any atom is -0.393 e. The predicted molar refractivity (Wildman–Crippen MR) is 108 cm³/mol. The lowest BCUT2D eigenvalue weighted by molar-refractivity contribution is -0.144. The Kier molecular flexibility index (Phi) is 3.91. The second kappa shape index (κ2) is 5.81. The fraction of sp³-hybridized carbons (Fsp3) is 0.800. The van der Waals surface area contributed by atoms with Crippen LogP contribution in [0.25, 0.3) is 0 Å². The summed E-state index contributed by atoms with van der Waals surface area (Å²) in [5, 5.41) is 10.2. The van der Waals surface area contributed by atoms with Gasteiger partial charge in [-0.25, -0.2) is 0 Å². The van der Waals surface area contributed by atoms with Gasteiger partial charge in [0.1, 0.15) is 5.78 Å². The van der Waals surface area contributed by atoms with Crippen LogP contribution in [0, 0.1) is 39.9 Å². The Morgan fingerprint density at radius 3 is 2.70 bits per heavy atom. The summed E-state index contributed by atoms with van der Waals surface area (Å²) in [6.07, 6.45) is 17.0. The van der Waals surface area contributed by atoms with Gasteiger partial charge in [-0.05, 0) is 99.2 Å². The van der Waals surface area contributed by atoms with Gasteiger partial charge in [-0.3, -0.25) is 4.79 Å². The molecular weight excluding hydrogens is 332 g/mol. The molecular formula is C25H36O2. The minimum atomic E-state index is -0.129. The summed E-state index contributed by atoms with van der Waals surface area (Å²) in [7, 11) is 0. The summed E-state index contributed by atoms with van der Waals surface area (Å²) < 4.78 is 0. The van der Waals surface area contributed by atoms with Gasteiger partial charge in [-0.1, -0.05) is 37.6 Å². The van der Waals surface area contributed by atoms with E-state index in [1.165, 1.54) is 25.7 Å². The van der Waals surface area contributed by atoms with Crippen molar-refractivity contribution in [2.75, 3.05) is 0 Å². The highest BCUT2D eigenvalue weighted by atomic mass is 16.3. The molecule has 5 aliphatic rings. The predicted octanol–water partition coefficient (Wildman–Crippen LogP) is 5.46. The van der Waals surface area contributed by atoms with Gasteiger partial charge in [0.25, 0.3) is 0 Å². The molecule has 148 valence electrons. The number of hydrogen-bond donors (Lipinski definition) is 1. The Morgan fingerprint density at radius 1 is 1.11 bits per heavy atom. The average molecular weight is 369 g/mol. The molecule has 1 N–H and O–H groups in total. The maximum absolute atomic E-state index is 13.1. The lowest BCUT2D eigenvalue weighted by Gasteiger charge is -2.60. The van der Waals surface area contributed by atoms with Gasteiger partial charge in [0.05, 0.1) is 6.10 Å². The zero-order valence-corrected chi connectivity index (χ0v) is 17.3. The minimum absolute atomic E-state index is 0.106. The molecule has 0 amide bonds. The largest absolute Gasteiger partial charge is 0.393 e. The molecule has 0 saturated heterocycles. The van der Waals surface area contributed by atoms with Gasteiger partial charge >= 0.3 is 0 Å². The Hall–Kier alpha value is -0.890. The number of hydrogen-bond acceptors (Lipinski definition) is 2. The first-order chi connectivity index (χ1) is 12.8. The molecule has 27 heavy (non-hydrogen) atoms. The lowest BCUT2D eigenvalue weighted by Crippen LogP contribution is -2.54. The van der Waals surface area contributed by atoms with Crippen LogP contribution < -0.4 is 0 Å². The summed E-state index contributed by atoms with van der Waals surface area (Å²) in [5.74, 6) is 3.18. The zero-order chi connectivity index (χ0) is 19.0. The van der Waals surface area contributed by atoms with Crippen LogP contribution in [0.1, 0.15) is 78.6 Å². The topological polar surface area (TPSA) is 37.3 Å². The maximum atomic E-state index is 13.1. The van der Waals surface area contributed by atoms with Crippen molar-refractivity contribution in [3.05, 3.63) is 23.8 Å². The van der Waals surface area contributed by atoms with Crippen LogP contribution in [0.3, 0.4) is 0 Å². The van der Waals surface area contributed by atoms with Crippen LogP contribution >= 0.6 is 0 Å². The highest BCUT2D eigenvalue weighted by Gasteiger charge is 2.68. The molecule has 8 atom stereocenters.